The molecule has 0 aliphatic carbocycles. The van der Waals surface area contributed by atoms with Gasteiger partial charge in [-0.3, -0.25) is 9.59 Å². The van der Waals surface area contributed by atoms with Crippen LogP contribution in [0.15, 0.2) is 0 Å². The standard InChI is InChI=1S/C47H98N6O2.ClH/c1-4-6-8-10-12-14-16-18-20-22-24-26-28-34-41-53(3,42-35-29-27-25-23-21-19-17-15-13-11-9-7-5-2)43-40-51-47(55)45(37-31-33-39-49)52-46(54)44(50)36-30-32-38-48;/h44-45H,4-43,48-50H2,1-3H3,(H-,51,52,54,55);1H/t44-,45-;/m0./s1. The summed E-state index contributed by atoms with van der Waals surface area (Å²) in [4.78, 5) is 26.3. The van der Waals surface area contributed by atoms with Crippen molar-refractivity contribution in [2.75, 3.05) is 46.3 Å². The number of likely N-dealkylation sites (N-methyl/N-ethyl adjacent to an activating group) is 1. The molecule has 0 spiro atoms. The number of amides is 2. The van der Waals surface area contributed by atoms with Gasteiger partial charge in [0.05, 0.1) is 39.3 Å². The SMILES string of the molecule is CCCCCCCCCCCCCCCC[N+](C)(CCCCCCCCCCCCCCCC)CCNC(=O)[C@H](CCCCN)NC(=O)[C@@H](N)CCCCN.[Cl-]. The number of hydrogen-bond acceptors (Lipinski definition) is 5. The van der Waals surface area contributed by atoms with E-state index in [1.165, 1.54) is 193 Å². The summed E-state index contributed by atoms with van der Waals surface area (Å²) in [5.41, 5.74) is 17.5. The summed E-state index contributed by atoms with van der Waals surface area (Å²) < 4.78 is 1.01. The summed E-state index contributed by atoms with van der Waals surface area (Å²) in [6, 6.07) is -1.19. The van der Waals surface area contributed by atoms with Crippen LogP contribution in [0, 0.1) is 0 Å². The number of hydrogen-bond donors (Lipinski definition) is 5. The number of carbonyl (C=O) groups is 2. The Hall–Kier alpha value is -0.930. The molecule has 0 fully saturated rings. The molecular weight excluding hydrogens is 716 g/mol. The predicted molar refractivity (Wildman–Crippen MR) is 240 cm³/mol. The van der Waals surface area contributed by atoms with Crippen molar-refractivity contribution >= 4 is 11.8 Å². The number of nitrogens with one attached hydrogen (secondary N) is 2. The van der Waals surface area contributed by atoms with Crippen molar-refractivity contribution in [2.45, 2.75) is 244 Å². The van der Waals surface area contributed by atoms with Crippen LogP contribution in [-0.2, 0) is 9.59 Å². The zero-order valence-corrected chi connectivity index (χ0v) is 38.6. The fourth-order valence-corrected chi connectivity index (χ4v) is 7.96. The monoisotopic (exact) mass is 815 g/mol. The van der Waals surface area contributed by atoms with Crippen LogP contribution < -0.4 is 40.2 Å². The summed E-state index contributed by atoms with van der Waals surface area (Å²) in [5.74, 6) is -0.347. The van der Waals surface area contributed by atoms with Crippen molar-refractivity contribution < 1.29 is 26.5 Å². The quantitative estimate of drug-likeness (QED) is 0.0319. The number of halogens is 1. The van der Waals surface area contributed by atoms with Crippen LogP contribution in [0.25, 0.3) is 0 Å². The highest BCUT2D eigenvalue weighted by Gasteiger charge is 2.25. The molecule has 0 heterocycles. The Bertz CT molecular complexity index is 802. The van der Waals surface area contributed by atoms with Crippen molar-refractivity contribution in [1.82, 2.24) is 10.6 Å². The zero-order valence-electron chi connectivity index (χ0n) is 37.8. The fourth-order valence-electron chi connectivity index (χ4n) is 7.96. The lowest BCUT2D eigenvalue weighted by atomic mass is 10.0. The van der Waals surface area contributed by atoms with Crippen molar-refractivity contribution in [3.8, 4) is 0 Å². The highest BCUT2D eigenvalue weighted by Crippen LogP contribution is 2.17. The van der Waals surface area contributed by atoms with E-state index in [0.717, 1.165) is 36.7 Å². The van der Waals surface area contributed by atoms with Crippen molar-refractivity contribution in [2.24, 2.45) is 17.2 Å². The van der Waals surface area contributed by atoms with Crippen LogP contribution in [0.3, 0.4) is 0 Å². The lowest BCUT2D eigenvalue weighted by Gasteiger charge is -2.35. The number of quaternary nitrogens is 1. The van der Waals surface area contributed by atoms with Gasteiger partial charge in [0.1, 0.15) is 6.04 Å². The Balaban J connectivity index is 0. The zero-order chi connectivity index (χ0) is 40.5. The molecule has 0 aliphatic heterocycles. The van der Waals surface area contributed by atoms with Gasteiger partial charge in [-0.25, -0.2) is 0 Å². The van der Waals surface area contributed by atoms with Crippen LogP contribution in [0.5, 0.6) is 0 Å². The maximum Gasteiger partial charge on any atom is 0.242 e. The second-order valence-corrected chi connectivity index (χ2v) is 17.5. The molecule has 0 aromatic rings. The highest BCUT2D eigenvalue weighted by molar-refractivity contribution is 5.89. The van der Waals surface area contributed by atoms with E-state index < -0.39 is 12.1 Å². The molecule has 0 saturated carbocycles. The first-order chi connectivity index (χ1) is 26.8. The summed E-state index contributed by atoms with van der Waals surface area (Å²) in [6.07, 6.45) is 43.0. The Morgan fingerprint density at radius 1 is 0.464 bits per heavy atom. The van der Waals surface area contributed by atoms with Crippen LogP contribution in [0.2, 0.25) is 0 Å². The van der Waals surface area contributed by atoms with Gasteiger partial charge in [0.25, 0.3) is 0 Å². The Kier molecular flexibility index (Phi) is 44.6. The molecule has 56 heavy (non-hydrogen) atoms. The number of nitrogens with two attached hydrogens (primary N) is 3. The van der Waals surface area contributed by atoms with Gasteiger partial charge >= 0.3 is 0 Å². The Labute approximate surface area is 355 Å². The van der Waals surface area contributed by atoms with E-state index in [9.17, 15) is 9.59 Å². The third kappa shape index (κ3) is 37.3. The van der Waals surface area contributed by atoms with E-state index in [-0.39, 0.29) is 24.2 Å². The number of unbranched alkanes of at least 4 members (excludes halogenated alkanes) is 28. The van der Waals surface area contributed by atoms with E-state index in [1.54, 1.807) is 0 Å². The maximum absolute atomic E-state index is 13.4. The van der Waals surface area contributed by atoms with Crippen molar-refractivity contribution in [3.05, 3.63) is 0 Å². The molecule has 0 aliphatic rings. The van der Waals surface area contributed by atoms with Gasteiger partial charge in [0.15, 0.2) is 0 Å². The fraction of sp³-hybridized carbons (Fsp3) is 0.957. The number of rotatable bonds is 44. The second kappa shape index (κ2) is 43.6. The Morgan fingerprint density at radius 3 is 1.16 bits per heavy atom. The molecule has 8 nitrogen and oxygen atoms in total. The smallest absolute Gasteiger partial charge is 0.242 e. The van der Waals surface area contributed by atoms with Crippen molar-refractivity contribution in [1.29, 1.82) is 0 Å². The summed E-state index contributed by atoms with van der Waals surface area (Å²) in [7, 11) is 2.40. The third-order valence-corrected chi connectivity index (χ3v) is 11.9. The van der Waals surface area contributed by atoms with Gasteiger partial charge in [-0.05, 0) is 70.9 Å². The average Bonchev–Trinajstić information content (AvgIpc) is 3.17. The summed E-state index contributed by atoms with van der Waals surface area (Å²) in [5, 5.41) is 6.17. The largest absolute Gasteiger partial charge is 1.00 e. The van der Waals surface area contributed by atoms with Gasteiger partial charge in [-0.2, -0.15) is 0 Å². The van der Waals surface area contributed by atoms with Gasteiger partial charge in [0, 0.05) is 0 Å². The molecule has 0 rings (SSSR count). The number of nitrogens with zero attached hydrogens (tertiary/aromatic N) is 1. The van der Waals surface area contributed by atoms with E-state index in [4.69, 9.17) is 17.2 Å². The predicted octanol–water partition coefficient (Wildman–Crippen LogP) is 7.59. The minimum atomic E-state index is -0.619. The maximum atomic E-state index is 13.4. The molecule has 0 aromatic heterocycles. The topological polar surface area (TPSA) is 136 Å². The molecule has 2 amide bonds. The molecule has 9 heteroatoms. The van der Waals surface area contributed by atoms with Gasteiger partial charge < -0.3 is 44.7 Å². The van der Waals surface area contributed by atoms with E-state index in [0.29, 0.717) is 32.5 Å². The second-order valence-electron chi connectivity index (χ2n) is 17.5. The molecule has 2 atom stereocenters. The van der Waals surface area contributed by atoms with Gasteiger partial charge in [0.2, 0.25) is 11.8 Å². The molecular formula is C47H99ClN6O2. The van der Waals surface area contributed by atoms with Gasteiger partial charge in [-0.15, -0.1) is 0 Å². The minimum Gasteiger partial charge on any atom is -1.00 e. The van der Waals surface area contributed by atoms with E-state index >= 15 is 0 Å². The molecule has 0 aromatic carbocycles. The van der Waals surface area contributed by atoms with Crippen molar-refractivity contribution in [3.63, 3.8) is 0 Å². The third-order valence-electron chi connectivity index (χ3n) is 11.9. The van der Waals surface area contributed by atoms with Crippen LogP contribution in [-0.4, -0.2) is 74.7 Å². The molecule has 336 valence electrons. The summed E-state index contributed by atoms with van der Waals surface area (Å²) in [6.45, 7) is 9.63. The van der Waals surface area contributed by atoms with Crippen LogP contribution in [0.4, 0.5) is 0 Å². The minimum absolute atomic E-state index is 0. The molecule has 0 bridgehead atoms. The normalized spacial score (nSPS) is 12.7. The molecule has 8 N–H and O–H groups in total. The number of carbonyl (C=O) groups excluding carboxylic acids is 2. The first-order valence-corrected chi connectivity index (χ1v) is 24.4. The lowest BCUT2D eigenvalue weighted by molar-refractivity contribution is -0.908. The lowest BCUT2D eigenvalue weighted by Crippen LogP contribution is -3.00. The average molecular weight is 816 g/mol. The van der Waals surface area contributed by atoms with Gasteiger partial charge in [-0.1, -0.05) is 174 Å². The van der Waals surface area contributed by atoms with E-state index in [2.05, 4.69) is 31.5 Å². The first-order valence-electron chi connectivity index (χ1n) is 24.4. The molecule has 0 unspecified atom stereocenters. The Morgan fingerprint density at radius 2 is 0.804 bits per heavy atom. The van der Waals surface area contributed by atoms with Crippen LogP contribution in [0.1, 0.15) is 232 Å². The molecule has 0 radical (unpaired) electrons. The van der Waals surface area contributed by atoms with Crippen LogP contribution >= 0.6 is 0 Å². The molecule has 0 saturated heterocycles. The highest BCUT2D eigenvalue weighted by atomic mass is 35.5. The summed E-state index contributed by atoms with van der Waals surface area (Å²) >= 11 is 0. The first kappa shape index (κ1) is 57.2. The van der Waals surface area contributed by atoms with E-state index in [1.807, 2.05) is 0 Å².